The summed E-state index contributed by atoms with van der Waals surface area (Å²) in [6.45, 7) is 7.21. The molecule has 0 unspecified atom stereocenters. The van der Waals surface area contributed by atoms with Crippen LogP contribution in [0.3, 0.4) is 0 Å². The van der Waals surface area contributed by atoms with E-state index in [9.17, 15) is 14.4 Å². The second-order valence-electron chi connectivity index (χ2n) is 8.74. The van der Waals surface area contributed by atoms with Crippen LogP contribution in [0.1, 0.15) is 28.9 Å². The van der Waals surface area contributed by atoms with Crippen molar-refractivity contribution in [1.82, 2.24) is 14.7 Å². The Morgan fingerprint density at radius 1 is 0.912 bits per heavy atom. The molecule has 8 heteroatoms. The molecule has 8 nitrogen and oxygen atoms in total. The molecule has 2 aromatic carbocycles. The van der Waals surface area contributed by atoms with Crippen molar-refractivity contribution in [3.8, 4) is 0 Å². The third-order valence-electron chi connectivity index (χ3n) is 6.39. The molecule has 2 aliphatic rings. The minimum absolute atomic E-state index is 0.0476. The molecule has 180 valence electrons. The zero-order valence-electron chi connectivity index (χ0n) is 19.6. The van der Waals surface area contributed by atoms with Crippen molar-refractivity contribution in [1.29, 1.82) is 0 Å². The summed E-state index contributed by atoms with van der Waals surface area (Å²) >= 11 is 0. The highest BCUT2D eigenvalue weighted by Crippen LogP contribution is 2.25. The van der Waals surface area contributed by atoms with Crippen molar-refractivity contribution in [2.24, 2.45) is 0 Å². The Morgan fingerprint density at radius 3 is 2.29 bits per heavy atom. The average molecular weight is 465 g/mol. The summed E-state index contributed by atoms with van der Waals surface area (Å²) in [7, 11) is 0. The molecular formula is C26H32N4O4. The van der Waals surface area contributed by atoms with Gasteiger partial charge in [0.15, 0.2) is 5.78 Å². The Labute approximate surface area is 200 Å². The molecule has 34 heavy (non-hydrogen) atoms. The lowest BCUT2D eigenvalue weighted by atomic mass is 10.0. The first kappa shape index (κ1) is 24.1. The van der Waals surface area contributed by atoms with Crippen molar-refractivity contribution in [2.75, 3.05) is 64.3 Å². The van der Waals surface area contributed by atoms with E-state index in [0.717, 1.165) is 18.7 Å². The van der Waals surface area contributed by atoms with Gasteiger partial charge in [0, 0.05) is 50.5 Å². The van der Waals surface area contributed by atoms with Gasteiger partial charge >= 0.3 is 0 Å². The number of ether oxygens (including phenoxy) is 1. The summed E-state index contributed by atoms with van der Waals surface area (Å²) < 4.78 is 5.36. The van der Waals surface area contributed by atoms with Crippen LogP contribution in [-0.2, 0) is 14.3 Å². The number of nitrogens with zero attached hydrogens (tertiary/aromatic N) is 3. The molecule has 2 aromatic rings. The fraction of sp³-hybridized carbons (Fsp3) is 0.423. The number of ketones is 1. The summed E-state index contributed by atoms with van der Waals surface area (Å²) in [5.74, 6) is -0.0723. The van der Waals surface area contributed by atoms with Crippen molar-refractivity contribution >= 4 is 23.3 Å². The van der Waals surface area contributed by atoms with Crippen molar-refractivity contribution < 1.29 is 19.1 Å². The predicted octanol–water partition coefficient (Wildman–Crippen LogP) is 2.05. The number of benzene rings is 2. The molecule has 2 aliphatic heterocycles. The maximum absolute atomic E-state index is 13.4. The molecule has 0 aromatic heterocycles. The number of morpholine rings is 1. The van der Waals surface area contributed by atoms with Gasteiger partial charge < -0.3 is 15.0 Å². The third kappa shape index (κ3) is 6.08. The van der Waals surface area contributed by atoms with Gasteiger partial charge in [-0.2, -0.15) is 0 Å². The van der Waals surface area contributed by atoms with Gasteiger partial charge in [-0.3, -0.25) is 24.2 Å². The zero-order chi connectivity index (χ0) is 23.9. The van der Waals surface area contributed by atoms with E-state index in [-0.39, 0.29) is 17.6 Å². The summed E-state index contributed by atoms with van der Waals surface area (Å²) in [5.41, 5.74) is 2.05. The second-order valence-corrected chi connectivity index (χ2v) is 8.74. The molecule has 4 rings (SSSR count). The Bertz CT molecular complexity index is 999. The van der Waals surface area contributed by atoms with E-state index in [1.54, 1.807) is 24.3 Å². The third-order valence-corrected chi connectivity index (χ3v) is 6.39. The quantitative estimate of drug-likeness (QED) is 0.632. The van der Waals surface area contributed by atoms with Gasteiger partial charge in [0.1, 0.15) is 6.04 Å². The average Bonchev–Trinajstić information content (AvgIpc) is 2.86. The van der Waals surface area contributed by atoms with Crippen LogP contribution in [0.5, 0.6) is 0 Å². The summed E-state index contributed by atoms with van der Waals surface area (Å²) in [6, 6.07) is 16.2. The number of hydrogen-bond acceptors (Lipinski definition) is 6. The monoisotopic (exact) mass is 464 g/mol. The molecule has 0 bridgehead atoms. The van der Waals surface area contributed by atoms with Crippen molar-refractivity contribution in [2.45, 2.75) is 13.0 Å². The van der Waals surface area contributed by atoms with Crippen LogP contribution in [-0.4, -0.2) is 91.3 Å². The largest absolute Gasteiger partial charge is 0.379 e. The van der Waals surface area contributed by atoms with Crippen molar-refractivity contribution in [3.63, 3.8) is 0 Å². The molecule has 2 saturated heterocycles. The van der Waals surface area contributed by atoms with Gasteiger partial charge in [-0.05, 0) is 24.6 Å². The lowest BCUT2D eigenvalue weighted by molar-refractivity contribution is -0.136. The highest BCUT2D eigenvalue weighted by molar-refractivity contribution is 5.98. The lowest BCUT2D eigenvalue weighted by Gasteiger charge is -2.39. The topological polar surface area (TPSA) is 82.2 Å². The molecule has 1 N–H and O–H groups in total. The first-order chi connectivity index (χ1) is 16.5. The number of nitrogens with one attached hydrogen (secondary N) is 1. The van der Waals surface area contributed by atoms with Crippen LogP contribution in [0.25, 0.3) is 0 Å². The summed E-state index contributed by atoms with van der Waals surface area (Å²) in [4.78, 5) is 44.1. The van der Waals surface area contributed by atoms with Gasteiger partial charge in [-0.25, -0.2) is 0 Å². The number of rotatable bonds is 7. The summed E-state index contributed by atoms with van der Waals surface area (Å²) in [6.07, 6.45) is 0. The minimum atomic E-state index is -0.487. The molecule has 0 spiro atoms. The van der Waals surface area contributed by atoms with Crippen LogP contribution in [0.15, 0.2) is 54.6 Å². The molecule has 2 amide bonds. The van der Waals surface area contributed by atoms with Crippen LogP contribution in [0, 0.1) is 0 Å². The Kier molecular flexibility index (Phi) is 8.05. The number of Topliss-reactive ketones (excluding diaryl/α,β-unsaturated/α-hetero) is 1. The van der Waals surface area contributed by atoms with E-state index >= 15 is 0 Å². The zero-order valence-corrected chi connectivity index (χ0v) is 19.6. The first-order valence-electron chi connectivity index (χ1n) is 11.8. The number of piperazine rings is 1. The maximum atomic E-state index is 13.4. The smallest absolute Gasteiger partial charge is 0.246 e. The van der Waals surface area contributed by atoms with Crippen molar-refractivity contribution in [3.05, 3.63) is 65.7 Å². The summed E-state index contributed by atoms with van der Waals surface area (Å²) in [5, 5.41) is 2.99. The standard InChI is InChI=1S/C26H32N4O4/c1-20(31)22-8-5-9-23(18-22)27-26(33)25(21-6-3-2-4-7-21)30-12-10-29(11-13-30)24(32)19-28-14-16-34-17-15-28/h2-9,18,25H,10-17,19H2,1H3,(H,27,33)/t25-/m0/s1. The number of hydrogen-bond donors (Lipinski definition) is 1. The maximum Gasteiger partial charge on any atom is 0.246 e. The van der Waals surface area contributed by atoms with Gasteiger partial charge in [0.05, 0.1) is 19.8 Å². The molecule has 0 saturated carbocycles. The molecular weight excluding hydrogens is 432 g/mol. The van der Waals surface area contributed by atoms with E-state index in [0.29, 0.717) is 57.2 Å². The van der Waals surface area contributed by atoms with E-state index in [2.05, 4.69) is 15.1 Å². The number of anilines is 1. The Balaban J connectivity index is 1.42. The predicted molar refractivity (Wildman–Crippen MR) is 130 cm³/mol. The molecule has 2 heterocycles. The van der Waals surface area contributed by atoms with E-state index < -0.39 is 6.04 Å². The second kappa shape index (κ2) is 11.4. The highest BCUT2D eigenvalue weighted by Gasteiger charge is 2.32. The lowest BCUT2D eigenvalue weighted by Crippen LogP contribution is -2.54. The van der Waals surface area contributed by atoms with E-state index in [1.165, 1.54) is 6.92 Å². The van der Waals surface area contributed by atoms with E-state index in [4.69, 9.17) is 4.74 Å². The normalized spacial score (nSPS) is 18.3. The van der Waals surface area contributed by atoms with Gasteiger partial charge in [0.2, 0.25) is 11.8 Å². The van der Waals surface area contributed by atoms with Crippen LogP contribution in [0.4, 0.5) is 5.69 Å². The number of carbonyl (C=O) groups excluding carboxylic acids is 3. The number of carbonyl (C=O) groups is 3. The first-order valence-corrected chi connectivity index (χ1v) is 11.8. The van der Waals surface area contributed by atoms with E-state index in [1.807, 2.05) is 35.2 Å². The number of amides is 2. The Morgan fingerprint density at radius 2 is 1.62 bits per heavy atom. The molecule has 2 fully saturated rings. The van der Waals surface area contributed by atoms with Gasteiger partial charge in [-0.1, -0.05) is 42.5 Å². The SMILES string of the molecule is CC(=O)c1cccc(NC(=O)[C@H](c2ccccc2)N2CCN(C(=O)CN3CCOCC3)CC2)c1. The van der Waals surface area contributed by atoms with Crippen LogP contribution in [0.2, 0.25) is 0 Å². The van der Waals surface area contributed by atoms with Crippen LogP contribution >= 0.6 is 0 Å². The minimum Gasteiger partial charge on any atom is -0.379 e. The Hall–Kier alpha value is -3.07. The molecule has 0 radical (unpaired) electrons. The molecule has 0 aliphatic carbocycles. The highest BCUT2D eigenvalue weighted by atomic mass is 16.5. The fourth-order valence-electron chi connectivity index (χ4n) is 4.47. The van der Waals surface area contributed by atoms with Crippen LogP contribution < -0.4 is 5.32 Å². The van der Waals surface area contributed by atoms with Gasteiger partial charge in [0.25, 0.3) is 0 Å². The fourth-order valence-corrected chi connectivity index (χ4v) is 4.47. The molecule has 1 atom stereocenters. The van der Waals surface area contributed by atoms with Gasteiger partial charge in [-0.15, -0.1) is 0 Å².